The van der Waals surface area contributed by atoms with E-state index >= 15 is 0 Å². The molecule has 1 unspecified atom stereocenters. The molecule has 0 amide bonds. The quantitative estimate of drug-likeness (QED) is 0.827. The van der Waals surface area contributed by atoms with Crippen LogP contribution in [-0.2, 0) is 4.79 Å². The number of benzene rings is 1. The lowest BCUT2D eigenvalue weighted by Crippen LogP contribution is -2.21. The molecule has 106 valence electrons. The van der Waals surface area contributed by atoms with Crippen molar-refractivity contribution in [2.45, 2.75) is 46.5 Å². The molecule has 0 radical (unpaired) electrons. The second-order valence-corrected chi connectivity index (χ2v) is 6.40. The predicted molar refractivity (Wildman–Crippen MR) is 80.7 cm³/mol. The fourth-order valence-corrected chi connectivity index (χ4v) is 4.09. The van der Waals surface area contributed by atoms with Crippen molar-refractivity contribution in [2.75, 3.05) is 0 Å². The molecule has 2 heteroatoms. The van der Waals surface area contributed by atoms with Gasteiger partial charge in [0.25, 0.3) is 0 Å². The van der Waals surface area contributed by atoms with Gasteiger partial charge < -0.3 is 5.11 Å². The molecular formula is C18H22O2. The van der Waals surface area contributed by atoms with Crippen LogP contribution >= 0.6 is 0 Å². The molecule has 20 heavy (non-hydrogen) atoms. The molecule has 2 aliphatic carbocycles. The molecule has 0 bridgehead atoms. The summed E-state index contributed by atoms with van der Waals surface area (Å²) >= 11 is 0. The highest BCUT2D eigenvalue weighted by molar-refractivity contribution is 6.25. The van der Waals surface area contributed by atoms with E-state index in [2.05, 4.69) is 19.1 Å². The predicted octanol–water partition coefficient (Wildman–Crippen LogP) is 4.27. The first-order valence-corrected chi connectivity index (χ1v) is 7.56. The Balaban J connectivity index is 2.14. The van der Waals surface area contributed by atoms with Gasteiger partial charge in [-0.2, -0.15) is 0 Å². The number of allylic oxidation sites excluding steroid dienone is 2. The molecule has 2 aliphatic rings. The molecule has 1 N–H and O–H groups in total. The van der Waals surface area contributed by atoms with Crippen molar-refractivity contribution in [1.29, 1.82) is 0 Å². The number of hydrogen-bond acceptors (Lipinski definition) is 2. The minimum absolute atomic E-state index is 0.0267. The zero-order valence-electron chi connectivity index (χ0n) is 12.5. The molecule has 0 aliphatic heterocycles. The van der Waals surface area contributed by atoms with Crippen LogP contribution in [0.1, 0.15) is 47.9 Å². The van der Waals surface area contributed by atoms with Crippen molar-refractivity contribution in [3.63, 3.8) is 0 Å². The number of fused-ring (bicyclic) bond motifs is 1. The van der Waals surface area contributed by atoms with E-state index in [9.17, 15) is 9.90 Å². The van der Waals surface area contributed by atoms with Gasteiger partial charge in [-0.05, 0) is 50.3 Å². The number of ketones is 1. The maximum atomic E-state index is 12.7. The van der Waals surface area contributed by atoms with Gasteiger partial charge in [0.15, 0.2) is 5.78 Å². The topological polar surface area (TPSA) is 37.3 Å². The van der Waals surface area contributed by atoms with E-state index in [1.165, 1.54) is 5.56 Å². The Bertz CT molecular complexity index is 587. The number of aliphatic hydroxyl groups is 1. The molecule has 2 atom stereocenters. The van der Waals surface area contributed by atoms with Crippen LogP contribution in [0, 0.1) is 32.6 Å². The summed E-state index contributed by atoms with van der Waals surface area (Å²) in [6.45, 7) is 6.13. The number of hydrogen-bond donors (Lipinski definition) is 1. The second-order valence-electron chi connectivity index (χ2n) is 6.40. The van der Waals surface area contributed by atoms with E-state index in [1.807, 2.05) is 13.8 Å². The molecular weight excluding hydrogens is 248 g/mol. The maximum absolute atomic E-state index is 12.7. The zero-order valence-corrected chi connectivity index (χ0v) is 12.5. The fraction of sp³-hybridized carbons (Fsp3) is 0.500. The maximum Gasteiger partial charge on any atom is 0.170 e. The largest absolute Gasteiger partial charge is 0.511 e. The van der Waals surface area contributed by atoms with Gasteiger partial charge in [0.1, 0.15) is 5.76 Å². The van der Waals surface area contributed by atoms with E-state index in [4.69, 9.17) is 0 Å². The Morgan fingerprint density at radius 1 is 1.00 bits per heavy atom. The Hall–Kier alpha value is -1.57. The fourth-order valence-electron chi connectivity index (χ4n) is 4.09. The molecule has 2 nitrogen and oxygen atoms in total. The average molecular weight is 270 g/mol. The SMILES string of the molecule is Cc1cc(C)c(C2=C(O)C3CCCC[C@@H]3C2=O)c(C)c1. The van der Waals surface area contributed by atoms with Crippen molar-refractivity contribution < 1.29 is 9.90 Å². The van der Waals surface area contributed by atoms with Crippen LogP contribution < -0.4 is 0 Å². The van der Waals surface area contributed by atoms with Gasteiger partial charge in [-0.15, -0.1) is 0 Å². The lowest BCUT2D eigenvalue weighted by atomic mass is 9.80. The third-order valence-electron chi connectivity index (χ3n) is 4.88. The Morgan fingerprint density at radius 2 is 1.55 bits per heavy atom. The summed E-state index contributed by atoms with van der Waals surface area (Å²) < 4.78 is 0. The van der Waals surface area contributed by atoms with E-state index in [0.717, 1.165) is 42.4 Å². The van der Waals surface area contributed by atoms with E-state index in [1.54, 1.807) is 0 Å². The first kappa shape index (κ1) is 13.4. The number of Topliss-reactive ketones (excluding diaryl/α,β-unsaturated/α-hetero) is 1. The smallest absolute Gasteiger partial charge is 0.170 e. The summed E-state index contributed by atoms with van der Waals surface area (Å²) in [5.74, 6) is 0.627. The summed E-state index contributed by atoms with van der Waals surface area (Å²) in [6.07, 6.45) is 4.12. The van der Waals surface area contributed by atoms with Gasteiger partial charge in [0.05, 0.1) is 5.57 Å². The van der Waals surface area contributed by atoms with Gasteiger partial charge in [0.2, 0.25) is 0 Å². The Kier molecular flexibility index (Phi) is 3.19. The molecule has 0 saturated heterocycles. The summed E-state index contributed by atoms with van der Waals surface area (Å²) in [5.41, 5.74) is 4.96. The number of rotatable bonds is 1. The molecule has 1 fully saturated rings. The summed E-state index contributed by atoms with van der Waals surface area (Å²) in [6, 6.07) is 4.19. The van der Waals surface area contributed by atoms with Crippen LogP contribution in [0.25, 0.3) is 5.57 Å². The van der Waals surface area contributed by atoms with Crippen molar-refractivity contribution in [3.8, 4) is 0 Å². The summed E-state index contributed by atoms with van der Waals surface area (Å²) in [4.78, 5) is 12.7. The van der Waals surface area contributed by atoms with Crippen molar-refractivity contribution in [1.82, 2.24) is 0 Å². The summed E-state index contributed by atoms with van der Waals surface area (Å²) in [5, 5.41) is 10.6. The third kappa shape index (κ3) is 1.90. The van der Waals surface area contributed by atoms with Crippen molar-refractivity contribution >= 4 is 11.4 Å². The van der Waals surface area contributed by atoms with Crippen LogP contribution in [0.15, 0.2) is 17.9 Å². The summed E-state index contributed by atoms with van der Waals surface area (Å²) in [7, 11) is 0. The first-order chi connectivity index (χ1) is 9.50. The molecule has 3 rings (SSSR count). The molecule has 1 saturated carbocycles. The van der Waals surface area contributed by atoms with Crippen LogP contribution in [0.3, 0.4) is 0 Å². The van der Waals surface area contributed by atoms with Crippen LogP contribution in [0.2, 0.25) is 0 Å². The first-order valence-electron chi connectivity index (χ1n) is 7.56. The number of aliphatic hydroxyl groups excluding tert-OH is 1. The number of aryl methyl sites for hydroxylation is 3. The minimum atomic E-state index is 0.0267. The highest BCUT2D eigenvalue weighted by atomic mass is 16.3. The Morgan fingerprint density at radius 3 is 2.10 bits per heavy atom. The van der Waals surface area contributed by atoms with Gasteiger partial charge in [-0.3, -0.25) is 4.79 Å². The minimum Gasteiger partial charge on any atom is -0.511 e. The van der Waals surface area contributed by atoms with E-state index in [-0.39, 0.29) is 17.6 Å². The van der Waals surface area contributed by atoms with Gasteiger partial charge in [-0.1, -0.05) is 30.5 Å². The van der Waals surface area contributed by atoms with Crippen LogP contribution in [0.5, 0.6) is 0 Å². The molecule has 0 spiro atoms. The molecule has 0 heterocycles. The van der Waals surface area contributed by atoms with Gasteiger partial charge >= 0.3 is 0 Å². The van der Waals surface area contributed by atoms with Crippen molar-refractivity contribution in [3.05, 3.63) is 40.1 Å². The third-order valence-corrected chi connectivity index (χ3v) is 4.88. The van der Waals surface area contributed by atoms with Crippen LogP contribution in [0.4, 0.5) is 0 Å². The second kappa shape index (κ2) is 4.76. The normalized spacial score (nSPS) is 26.1. The average Bonchev–Trinajstić information content (AvgIpc) is 2.64. The molecule has 1 aromatic rings. The van der Waals surface area contributed by atoms with Crippen LogP contribution in [-0.4, -0.2) is 10.9 Å². The molecule has 1 aromatic carbocycles. The Labute approximate surface area is 120 Å². The molecule has 0 aromatic heterocycles. The number of carbonyl (C=O) groups excluding carboxylic acids is 1. The lowest BCUT2D eigenvalue weighted by Gasteiger charge is -2.23. The lowest BCUT2D eigenvalue weighted by molar-refractivity contribution is -0.118. The zero-order chi connectivity index (χ0) is 14.4. The van der Waals surface area contributed by atoms with E-state index < -0.39 is 0 Å². The van der Waals surface area contributed by atoms with Crippen molar-refractivity contribution in [2.24, 2.45) is 11.8 Å². The standard InChI is InChI=1S/C18H22O2/c1-10-8-11(2)15(12(3)9-10)16-17(19)13-6-4-5-7-14(13)18(16)20/h8-9,13-14,19H,4-7H2,1-3H3/t13?,14-/m0/s1. The van der Waals surface area contributed by atoms with E-state index in [0.29, 0.717) is 11.3 Å². The van der Waals surface area contributed by atoms with Gasteiger partial charge in [0, 0.05) is 11.8 Å². The van der Waals surface area contributed by atoms with Gasteiger partial charge in [-0.25, -0.2) is 0 Å². The highest BCUT2D eigenvalue weighted by Crippen LogP contribution is 2.46. The monoisotopic (exact) mass is 270 g/mol. The highest BCUT2D eigenvalue weighted by Gasteiger charge is 2.44. The number of carbonyl (C=O) groups is 1.